The molecule has 0 aromatic carbocycles. The van der Waals surface area contributed by atoms with Crippen LogP contribution in [0.25, 0.3) is 0 Å². The van der Waals surface area contributed by atoms with Gasteiger partial charge in [0, 0.05) is 6.04 Å². The third-order valence-electron chi connectivity index (χ3n) is 6.14. The first-order valence-electron chi connectivity index (χ1n) is 6.77. The number of fused-ring (bicyclic) bond motifs is 2. The zero-order valence-electron chi connectivity index (χ0n) is 10.5. The molecule has 15 heavy (non-hydrogen) atoms. The van der Waals surface area contributed by atoms with Crippen molar-refractivity contribution in [1.82, 2.24) is 5.32 Å². The Morgan fingerprint density at radius 3 is 2.33 bits per heavy atom. The first-order chi connectivity index (χ1) is 7.04. The minimum Gasteiger partial charge on any atom is -0.313 e. The summed E-state index contributed by atoms with van der Waals surface area (Å²) in [7, 11) is 0. The molecule has 2 unspecified atom stereocenters. The van der Waals surface area contributed by atoms with Crippen LogP contribution in [0.1, 0.15) is 52.9 Å². The maximum Gasteiger partial charge on any atom is 0.0129 e. The van der Waals surface area contributed by atoms with Crippen molar-refractivity contribution in [1.29, 1.82) is 0 Å². The van der Waals surface area contributed by atoms with Crippen LogP contribution in [0.4, 0.5) is 0 Å². The molecule has 1 heteroatoms. The summed E-state index contributed by atoms with van der Waals surface area (Å²) >= 11 is 0. The predicted octanol–water partition coefficient (Wildman–Crippen LogP) is 3.20. The monoisotopic (exact) mass is 207 g/mol. The van der Waals surface area contributed by atoms with E-state index in [2.05, 4.69) is 26.1 Å². The normalized spacial score (nSPS) is 47.4. The molecule has 0 heterocycles. The van der Waals surface area contributed by atoms with Crippen LogP contribution in [0.15, 0.2) is 0 Å². The Bertz CT molecular complexity index is 267. The van der Waals surface area contributed by atoms with Crippen LogP contribution in [0.5, 0.6) is 0 Å². The van der Waals surface area contributed by atoms with E-state index in [1.807, 2.05) is 0 Å². The number of nitrogens with one attached hydrogen (secondary N) is 1. The largest absolute Gasteiger partial charge is 0.313 e. The summed E-state index contributed by atoms with van der Waals surface area (Å²) in [5.74, 6) is 2.01. The highest BCUT2D eigenvalue weighted by Gasteiger charge is 2.61. The SMILES string of the molecule is CC1(C)C2CC[C@]1(C)C(NCC1CC1)C2. The Morgan fingerprint density at radius 1 is 1.13 bits per heavy atom. The molecule has 0 aliphatic heterocycles. The highest BCUT2D eigenvalue weighted by molar-refractivity contribution is 5.13. The van der Waals surface area contributed by atoms with Gasteiger partial charge in [-0.25, -0.2) is 0 Å². The topological polar surface area (TPSA) is 12.0 Å². The van der Waals surface area contributed by atoms with Crippen LogP contribution in [0.2, 0.25) is 0 Å². The van der Waals surface area contributed by atoms with Crippen LogP contribution in [-0.2, 0) is 0 Å². The zero-order chi connectivity index (χ0) is 10.7. The number of hydrogen-bond donors (Lipinski definition) is 1. The summed E-state index contributed by atoms with van der Waals surface area (Å²) in [6, 6.07) is 0.812. The second-order valence-corrected chi connectivity index (χ2v) is 7.01. The maximum absolute atomic E-state index is 3.87. The van der Waals surface area contributed by atoms with E-state index in [4.69, 9.17) is 0 Å². The van der Waals surface area contributed by atoms with Gasteiger partial charge in [0.25, 0.3) is 0 Å². The summed E-state index contributed by atoms with van der Waals surface area (Å²) in [5, 5.41) is 3.87. The highest BCUT2D eigenvalue weighted by atomic mass is 15.0. The second-order valence-electron chi connectivity index (χ2n) is 7.01. The molecule has 3 aliphatic rings. The van der Waals surface area contributed by atoms with E-state index in [0.717, 1.165) is 17.9 Å². The molecular weight excluding hydrogens is 182 g/mol. The lowest BCUT2D eigenvalue weighted by atomic mass is 9.69. The van der Waals surface area contributed by atoms with Gasteiger partial charge in [-0.2, -0.15) is 0 Å². The molecule has 0 aromatic heterocycles. The molecular formula is C14H25N. The van der Waals surface area contributed by atoms with E-state index in [1.165, 1.54) is 38.6 Å². The zero-order valence-corrected chi connectivity index (χ0v) is 10.5. The quantitative estimate of drug-likeness (QED) is 0.749. The standard InChI is InChI=1S/C14H25N/c1-13(2)11-6-7-14(13,3)12(8-11)15-9-10-4-5-10/h10-12,15H,4-9H2,1-3H3/t11?,12?,14-/m1/s1. The van der Waals surface area contributed by atoms with Gasteiger partial charge in [0.15, 0.2) is 0 Å². The molecule has 1 N–H and O–H groups in total. The van der Waals surface area contributed by atoms with Crippen molar-refractivity contribution in [2.45, 2.75) is 58.9 Å². The maximum atomic E-state index is 3.87. The molecule has 0 radical (unpaired) electrons. The van der Waals surface area contributed by atoms with Gasteiger partial charge in [0.05, 0.1) is 0 Å². The third-order valence-corrected chi connectivity index (χ3v) is 6.14. The van der Waals surface area contributed by atoms with Crippen molar-refractivity contribution < 1.29 is 0 Å². The van der Waals surface area contributed by atoms with Crippen molar-refractivity contribution in [2.75, 3.05) is 6.54 Å². The lowest BCUT2D eigenvalue weighted by Gasteiger charge is -2.39. The molecule has 3 saturated carbocycles. The molecule has 0 amide bonds. The van der Waals surface area contributed by atoms with Crippen LogP contribution in [0.3, 0.4) is 0 Å². The molecule has 2 bridgehead atoms. The van der Waals surface area contributed by atoms with Gasteiger partial charge in [-0.05, 0) is 61.3 Å². The number of rotatable bonds is 3. The van der Waals surface area contributed by atoms with E-state index in [9.17, 15) is 0 Å². The molecule has 3 fully saturated rings. The Balaban J connectivity index is 1.70. The fraction of sp³-hybridized carbons (Fsp3) is 1.00. The fourth-order valence-corrected chi connectivity index (χ4v) is 4.14. The van der Waals surface area contributed by atoms with Crippen LogP contribution in [-0.4, -0.2) is 12.6 Å². The average Bonchev–Trinajstić information content (AvgIpc) is 2.93. The summed E-state index contributed by atoms with van der Waals surface area (Å²) < 4.78 is 0. The summed E-state index contributed by atoms with van der Waals surface area (Å²) in [4.78, 5) is 0. The van der Waals surface area contributed by atoms with Crippen LogP contribution in [0, 0.1) is 22.7 Å². The smallest absolute Gasteiger partial charge is 0.0129 e. The molecule has 3 atom stereocenters. The molecule has 0 aromatic rings. The summed E-state index contributed by atoms with van der Waals surface area (Å²) in [5.41, 5.74) is 1.15. The Morgan fingerprint density at radius 2 is 1.87 bits per heavy atom. The highest BCUT2D eigenvalue weighted by Crippen LogP contribution is 2.65. The predicted molar refractivity (Wildman–Crippen MR) is 63.7 cm³/mol. The van der Waals surface area contributed by atoms with Crippen molar-refractivity contribution in [3.05, 3.63) is 0 Å². The van der Waals surface area contributed by atoms with Gasteiger partial charge >= 0.3 is 0 Å². The Kier molecular flexibility index (Phi) is 2.03. The molecule has 86 valence electrons. The van der Waals surface area contributed by atoms with E-state index < -0.39 is 0 Å². The summed E-state index contributed by atoms with van der Waals surface area (Å²) in [6.07, 6.45) is 7.32. The first-order valence-corrected chi connectivity index (χ1v) is 6.77. The number of hydrogen-bond acceptors (Lipinski definition) is 1. The van der Waals surface area contributed by atoms with Crippen molar-refractivity contribution >= 4 is 0 Å². The van der Waals surface area contributed by atoms with Gasteiger partial charge < -0.3 is 5.32 Å². The van der Waals surface area contributed by atoms with Gasteiger partial charge in [-0.1, -0.05) is 20.8 Å². The van der Waals surface area contributed by atoms with E-state index in [-0.39, 0.29) is 0 Å². The van der Waals surface area contributed by atoms with Gasteiger partial charge in [-0.3, -0.25) is 0 Å². The van der Waals surface area contributed by atoms with E-state index >= 15 is 0 Å². The Labute approximate surface area is 94.0 Å². The van der Waals surface area contributed by atoms with Crippen LogP contribution < -0.4 is 5.32 Å². The lowest BCUT2D eigenvalue weighted by Crippen LogP contribution is -2.45. The molecule has 3 rings (SSSR count). The van der Waals surface area contributed by atoms with Gasteiger partial charge in [0.2, 0.25) is 0 Å². The van der Waals surface area contributed by atoms with Crippen molar-refractivity contribution in [2.24, 2.45) is 22.7 Å². The minimum absolute atomic E-state index is 0.576. The molecule has 0 spiro atoms. The Hall–Kier alpha value is -0.0400. The molecule has 0 saturated heterocycles. The second kappa shape index (κ2) is 3.00. The lowest BCUT2D eigenvalue weighted by molar-refractivity contribution is 0.121. The van der Waals surface area contributed by atoms with E-state index in [0.29, 0.717) is 10.8 Å². The molecule has 3 aliphatic carbocycles. The summed E-state index contributed by atoms with van der Waals surface area (Å²) in [6.45, 7) is 8.83. The molecule has 1 nitrogen and oxygen atoms in total. The third kappa shape index (κ3) is 1.32. The van der Waals surface area contributed by atoms with E-state index in [1.54, 1.807) is 0 Å². The first kappa shape index (κ1) is 10.1. The fourth-order valence-electron chi connectivity index (χ4n) is 4.14. The average molecular weight is 207 g/mol. The minimum atomic E-state index is 0.576. The van der Waals surface area contributed by atoms with Crippen molar-refractivity contribution in [3.63, 3.8) is 0 Å². The van der Waals surface area contributed by atoms with Gasteiger partial charge in [0.1, 0.15) is 0 Å². The van der Waals surface area contributed by atoms with Crippen LogP contribution >= 0.6 is 0 Å². The van der Waals surface area contributed by atoms with Crippen molar-refractivity contribution in [3.8, 4) is 0 Å². The van der Waals surface area contributed by atoms with Gasteiger partial charge in [-0.15, -0.1) is 0 Å².